The van der Waals surface area contributed by atoms with Crippen molar-refractivity contribution in [3.05, 3.63) is 29.8 Å². The van der Waals surface area contributed by atoms with Crippen LogP contribution < -0.4 is 10.6 Å². The minimum Gasteiger partial charge on any atom is -0.363 e. The lowest BCUT2D eigenvalue weighted by Crippen LogP contribution is -2.27. The summed E-state index contributed by atoms with van der Waals surface area (Å²) in [5.74, 6) is 0.657. The van der Waals surface area contributed by atoms with E-state index in [0.717, 1.165) is 12.2 Å². The van der Waals surface area contributed by atoms with Crippen molar-refractivity contribution in [3.63, 3.8) is 0 Å². The van der Waals surface area contributed by atoms with Gasteiger partial charge in [0, 0.05) is 12.2 Å². The molecule has 1 aromatic carbocycles. The van der Waals surface area contributed by atoms with E-state index >= 15 is 0 Å². The molecule has 0 fully saturated rings. The molecule has 2 nitrogen and oxygen atoms in total. The number of anilines is 1. The molecule has 2 N–H and O–H groups in total. The fourth-order valence-electron chi connectivity index (χ4n) is 2.16. The molecule has 1 unspecified atom stereocenters. The number of hydrogen-bond donors (Lipinski definition) is 2. The van der Waals surface area contributed by atoms with Crippen LogP contribution in [0.4, 0.5) is 5.69 Å². The summed E-state index contributed by atoms with van der Waals surface area (Å²) in [6.45, 7) is 7.38. The fourth-order valence-corrected chi connectivity index (χ4v) is 2.42. The van der Waals surface area contributed by atoms with Gasteiger partial charge in [0.2, 0.25) is 0 Å². The topological polar surface area (TPSA) is 24.1 Å². The van der Waals surface area contributed by atoms with Gasteiger partial charge >= 0.3 is 0 Å². The molecule has 1 rings (SSSR count). The van der Waals surface area contributed by atoms with Crippen LogP contribution in [-0.4, -0.2) is 11.7 Å². The average molecular weight is 264 g/mol. The minimum absolute atomic E-state index is 0.657. The molecule has 0 saturated heterocycles. The van der Waals surface area contributed by atoms with Gasteiger partial charge < -0.3 is 10.6 Å². The highest BCUT2D eigenvalue weighted by molar-refractivity contribution is 7.80. The van der Waals surface area contributed by atoms with E-state index in [0.29, 0.717) is 11.0 Å². The Kier molecular flexibility index (Phi) is 6.73. The number of hydrogen-bond acceptors (Lipinski definition) is 1. The van der Waals surface area contributed by atoms with Gasteiger partial charge in [0.1, 0.15) is 0 Å². The van der Waals surface area contributed by atoms with E-state index in [1.165, 1.54) is 24.8 Å². The Balaban J connectivity index is 2.74. The van der Waals surface area contributed by atoms with Gasteiger partial charge in [-0.2, -0.15) is 0 Å². The van der Waals surface area contributed by atoms with E-state index in [9.17, 15) is 0 Å². The summed E-state index contributed by atoms with van der Waals surface area (Å²) in [5, 5.41) is 7.02. The zero-order chi connectivity index (χ0) is 13.4. The van der Waals surface area contributed by atoms with Gasteiger partial charge in [0.25, 0.3) is 0 Å². The zero-order valence-corrected chi connectivity index (χ0v) is 12.4. The molecular weight excluding hydrogens is 240 g/mol. The van der Waals surface area contributed by atoms with Crippen LogP contribution in [0.2, 0.25) is 0 Å². The molecule has 18 heavy (non-hydrogen) atoms. The van der Waals surface area contributed by atoms with Crippen LogP contribution in [0, 0.1) is 0 Å². The van der Waals surface area contributed by atoms with Crippen molar-refractivity contribution < 1.29 is 0 Å². The maximum Gasteiger partial charge on any atom is 0.170 e. The van der Waals surface area contributed by atoms with E-state index in [4.69, 9.17) is 12.2 Å². The normalized spacial score (nSPS) is 11.9. The second-order valence-corrected chi connectivity index (χ2v) is 4.91. The van der Waals surface area contributed by atoms with E-state index in [1.807, 2.05) is 6.92 Å². The number of rotatable bonds is 6. The van der Waals surface area contributed by atoms with Crippen LogP contribution in [0.5, 0.6) is 0 Å². The zero-order valence-electron chi connectivity index (χ0n) is 11.6. The summed E-state index contributed by atoms with van der Waals surface area (Å²) in [4.78, 5) is 0. The standard InChI is InChI=1S/C15H24N2S/c1-4-8-12(5-2)13-9-7-10-14(11-13)17-15(18)16-6-3/h7,9-12H,4-6,8H2,1-3H3,(H2,16,17,18). The molecule has 100 valence electrons. The van der Waals surface area contributed by atoms with Crippen LogP contribution in [0.15, 0.2) is 24.3 Å². The highest BCUT2D eigenvalue weighted by atomic mass is 32.1. The van der Waals surface area contributed by atoms with Crippen LogP contribution >= 0.6 is 12.2 Å². The Morgan fingerprint density at radius 1 is 1.28 bits per heavy atom. The third-order valence-electron chi connectivity index (χ3n) is 3.08. The Morgan fingerprint density at radius 3 is 2.67 bits per heavy atom. The van der Waals surface area contributed by atoms with Gasteiger partial charge in [-0.3, -0.25) is 0 Å². The summed E-state index contributed by atoms with van der Waals surface area (Å²) in [6.07, 6.45) is 3.67. The van der Waals surface area contributed by atoms with Crippen molar-refractivity contribution >= 4 is 23.0 Å². The molecule has 0 amide bonds. The van der Waals surface area contributed by atoms with E-state index in [2.05, 4.69) is 48.7 Å². The van der Waals surface area contributed by atoms with Gasteiger partial charge in [0.15, 0.2) is 5.11 Å². The molecule has 0 bridgehead atoms. The first-order valence-electron chi connectivity index (χ1n) is 6.86. The second kappa shape index (κ2) is 8.09. The quantitative estimate of drug-likeness (QED) is 0.750. The lowest BCUT2D eigenvalue weighted by molar-refractivity contribution is 0.596. The van der Waals surface area contributed by atoms with Crippen LogP contribution in [-0.2, 0) is 0 Å². The summed E-state index contributed by atoms with van der Waals surface area (Å²) in [6, 6.07) is 8.59. The van der Waals surface area contributed by atoms with Crippen LogP contribution in [0.3, 0.4) is 0 Å². The molecule has 0 radical (unpaired) electrons. The number of benzene rings is 1. The van der Waals surface area contributed by atoms with E-state index < -0.39 is 0 Å². The van der Waals surface area contributed by atoms with Crippen molar-refractivity contribution in [1.29, 1.82) is 0 Å². The van der Waals surface area contributed by atoms with E-state index in [-0.39, 0.29) is 0 Å². The largest absolute Gasteiger partial charge is 0.363 e. The lowest BCUT2D eigenvalue weighted by atomic mass is 9.92. The van der Waals surface area contributed by atoms with Crippen molar-refractivity contribution in [1.82, 2.24) is 5.32 Å². The Labute approximate surface area is 116 Å². The highest BCUT2D eigenvalue weighted by Crippen LogP contribution is 2.26. The summed E-state index contributed by atoms with van der Waals surface area (Å²) in [5.41, 5.74) is 2.48. The lowest BCUT2D eigenvalue weighted by Gasteiger charge is -2.16. The van der Waals surface area contributed by atoms with Crippen molar-refractivity contribution in [2.75, 3.05) is 11.9 Å². The molecule has 1 atom stereocenters. The number of nitrogens with one attached hydrogen (secondary N) is 2. The molecule has 0 saturated carbocycles. The molecule has 0 aliphatic carbocycles. The molecule has 1 aromatic rings. The fraction of sp³-hybridized carbons (Fsp3) is 0.533. The van der Waals surface area contributed by atoms with Crippen molar-refractivity contribution in [2.24, 2.45) is 0 Å². The Hall–Kier alpha value is -1.09. The Morgan fingerprint density at radius 2 is 2.06 bits per heavy atom. The molecule has 3 heteroatoms. The van der Waals surface area contributed by atoms with Gasteiger partial charge in [-0.05, 0) is 55.6 Å². The highest BCUT2D eigenvalue weighted by Gasteiger charge is 2.08. The second-order valence-electron chi connectivity index (χ2n) is 4.50. The molecule has 0 aliphatic rings. The van der Waals surface area contributed by atoms with Crippen molar-refractivity contribution in [2.45, 2.75) is 46.0 Å². The molecule has 0 heterocycles. The summed E-state index contributed by atoms with van der Waals surface area (Å²) in [7, 11) is 0. The number of thiocarbonyl (C=S) groups is 1. The first-order valence-corrected chi connectivity index (χ1v) is 7.26. The van der Waals surface area contributed by atoms with Gasteiger partial charge in [-0.1, -0.05) is 32.4 Å². The third-order valence-corrected chi connectivity index (χ3v) is 3.33. The summed E-state index contributed by atoms with van der Waals surface area (Å²) < 4.78 is 0. The molecule has 0 spiro atoms. The van der Waals surface area contributed by atoms with E-state index in [1.54, 1.807) is 0 Å². The predicted octanol–water partition coefficient (Wildman–Crippen LogP) is 4.29. The Bertz CT molecular complexity index is 377. The van der Waals surface area contributed by atoms with Gasteiger partial charge in [0.05, 0.1) is 0 Å². The maximum atomic E-state index is 5.20. The monoisotopic (exact) mass is 264 g/mol. The minimum atomic E-state index is 0.657. The van der Waals surface area contributed by atoms with Crippen LogP contribution in [0.1, 0.15) is 51.5 Å². The molecule has 0 aromatic heterocycles. The molecule has 0 aliphatic heterocycles. The van der Waals surface area contributed by atoms with Crippen LogP contribution in [0.25, 0.3) is 0 Å². The molecular formula is C15H24N2S. The predicted molar refractivity (Wildman–Crippen MR) is 84.3 cm³/mol. The van der Waals surface area contributed by atoms with Gasteiger partial charge in [-0.15, -0.1) is 0 Å². The summed E-state index contributed by atoms with van der Waals surface area (Å²) >= 11 is 5.20. The first kappa shape index (κ1) is 15.0. The first-order chi connectivity index (χ1) is 8.71. The maximum absolute atomic E-state index is 5.20. The third kappa shape index (κ3) is 4.65. The average Bonchev–Trinajstić information content (AvgIpc) is 2.36. The van der Waals surface area contributed by atoms with Gasteiger partial charge in [-0.25, -0.2) is 0 Å². The van der Waals surface area contributed by atoms with Crippen molar-refractivity contribution in [3.8, 4) is 0 Å². The SMILES string of the molecule is CCCC(CC)c1cccc(NC(=S)NCC)c1. The smallest absolute Gasteiger partial charge is 0.170 e.